The summed E-state index contributed by atoms with van der Waals surface area (Å²) >= 11 is 12.8. The number of hydrogen-bond donors (Lipinski definition) is 4. The molecule has 4 N–H and O–H groups in total. The Labute approximate surface area is 194 Å². The van der Waals surface area contributed by atoms with Crippen molar-refractivity contribution in [1.29, 1.82) is 0 Å². The lowest BCUT2D eigenvalue weighted by Crippen LogP contribution is -2.35. The maximum Gasteiger partial charge on any atom is 0.332 e. The first-order chi connectivity index (χ1) is 12.9. The van der Waals surface area contributed by atoms with Gasteiger partial charge in [-0.2, -0.15) is 0 Å². The number of halogens is 4. The van der Waals surface area contributed by atoms with E-state index in [0.717, 1.165) is 0 Å². The summed E-state index contributed by atoms with van der Waals surface area (Å²) in [6.07, 6.45) is 9.24. The highest BCUT2D eigenvalue weighted by atomic mass is 79.9. The second-order valence-electron chi connectivity index (χ2n) is 6.33. The lowest BCUT2D eigenvalue weighted by atomic mass is 9.84. The summed E-state index contributed by atoms with van der Waals surface area (Å²) in [5.41, 5.74) is -0.686. The molecule has 0 amide bonds. The fourth-order valence-corrected chi connectivity index (χ4v) is 4.70. The summed E-state index contributed by atoms with van der Waals surface area (Å²) < 4.78 is -2.32. The fraction of sp³-hybridized carbons (Fsp3) is 0.333. The van der Waals surface area contributed by atoms with Crippen LogP contribution in [0.15, 0.2) is 56.6 Å². The third-order valence-electron chi connectivity index (χ3n) is 4.55. The molecule has 0 saturated heterocycles. The third kappa shape index (κ3) is 4.96. The monoisotopic (exact) mass is 644 g/mol. The molecule has 0 radical (unpaired) electrons. The molecule has 0 bridgehead atoms. The smallest absolute Gasteiger partial charge is 0.332 e. The molecule has 0 saturated carbocycles. The Hall–Kier alpha value is -0.520. The van der Waals surface area contributed by atoms with E-state index in [1.807, 2.05) is 0 Å². The molecule has 0 aromatic rings. The Balaban J connectivity index is 2.43. The molecule has 2 rings (SSSR count). The Bertz CT molecular complexity index is 767. The summed E-state index contributed by atoms with van der Waals surface area (Å²) in [5, 5.41) is 40.6. The van der Waals surface area contributed by atoms with Crippen LogP contribution >= 0.6 is 63.7 Å². The normalized spacial score (nSPS) is 33.1. The van der Waals surface area contributed by atoms with E-state index < -0.39 is 32.8 Å². The molecule has 0 aliphatic heterocycles. The van der Waals surface area contributed by atoms with Gasteiger partial charge < -0.3 is 20.4 Å². The highest BCUT2D eigenvalue weighted by molar-refractivity contribution is 9.14. The molecule has 0 aromatic heterocycles. The number of carbonyl (C=O) groups is 2. The van der Waals surface area contributed by atoms with E-state index in [4.69, 9.17) is 0 Å². The lowest BCUT2D eigenvalue weighted by molar-refractivity contribution is -0.136. The molecule has 0 aromatic carbocycles. The largest absolute Gasteiger partial charge is 0.478 e. The number of aliphatic hydroxyl groups is 2. The standard InChI is InChI=1S/C18H16Br4O6/c19-13-5-1-3-9(17(13,21)27)7-11(15(23)24)12(16(25)26)8-10-4-2-6-14(20)18(10,22)28/h1-6,9-10,27-28H,7-8H2,(H,23,24)(H,25,26). The van der Waals surface area contributed by atoms with Crippen LogP contribution in [-0.4, -0.2) is 41.4 Å². The van der Waals surface area contributed by atoms with Gasteiger partial charge in [0.25, 0.3) is 0 Å². The molecule has 0 spiro atoms. The third-order valence-corrected chi connectivity index (χ3v) is 9.39. The van der Waals surface area contributed by atoms with Crippen molar-refractivity contribution in [3.8, 4) is 0 Å². The van der Waals surface area contributed by atoms with Crippen LogP contribution < -0.4 is 0 Å². The molecule has 2 aliphatic carbocycles. The average Bonchev–Trinajstić information content (AvgIpc) is 2.58. The van der Waals surface area contributed by atoms with Crippen LogP contribution in [0.3, 0.4) is 0 Å². The number of hydrogen-bond acceptors (Lipinski definition) is 4. The Kier molecular flexibility index (Phi) is 7.72. The molecule has 10 heteroatoms. The Morgan fingerprint density at radius 1 is 0.821 bits per heavy atom. The van der Waals surface area contributed by atoms with E-state index in [9.17, 15) is 30.0 Å². The second-order valence-corrected chi connectivity index (χ2v) is 10.5. The van der Waals surface area contributed by atoms with E-state index in [0.29, 0.717) is 8.96 Å². The number of carboxylic acid groups (broad SMARTS) is 2. The van der Waals surface area contributed by atoms with Crippen LogP contribution in [0, 0.1) is 11.8 Å². The number of allylic oxidation sites excluding steroid dienone is 4. The van der Waals surface area contributed by atoms with Gasteiger partial charge in [0.05, 0.1) is 0 Å². The van der Waals surface area contributed by atoms with Crippen LogP contribution in [0.5, 0.6) is 0 Å². The molecule has 0 heterocycles. The van der Waals surface area contributed by atoms with Crippen molar-refractivity contribution < 1.29 is 30.0 Å². The molecule has 2 aliphatic rings. The van der Waals surface area contributed by atoms with Gasteiger partial charge in [-0.25, -0.2) is 9.59 Å². The van der Waals surface area contributed by atoms with E-state index in [1.165, 1.54) is 0 Å². The average molecular weight is 648 g/mol. The quantitative estimate of drug-likeness (QED) is 0.252. The number of aliphatic carboxylic acids is 2. The lowest BCUT2D eigenvalue weighted by Gasteiger charge is -2.33. The minimum absolute atomic E-state index is 0.230. The molecule has 28 heavy (non-hydrogen) atoms. The van der Waals surface area contributed by atoms with Crippen molar-refractivity contribution in [1.82, 2.24) is 0 Å². The van der Waals surface area contributed by atoms with Gasteiger partial charge in [0.15, 0.2) is 9.02 Å². The van der Waals surface area contributed by atoms with Gasteiger partial charge in [-0.3, -0.25) is 0 Å². The van der Waals surface area contributed by atoms with Crippen LogP contribution in [-0.2, 0) is 9.59 Å². The van der Waals surface area contributed by atoms with Crippen molar-refractivity contribution in [2.45, 2.75) is 21.9 Å². The maximum absolute atomic E-state index is 11.9. The van der Waals surface area contributed by atoms with Gasteiger partial charge in [-0.1, -0.05) is 56.2 Å². The highest BCUT2D eigenvalue weighted by Crippen LogP contribution is 2.45. The molecule has 0 fully saturated rings. The van der Waals surface area contributed by atoms with Gasteiger partial charge in [0, 0.05) is 31.9 Å². The summed E-state index contributed by atoms with van der Waals surface area (Å²) in [6, 6.07) is 0. The predicted octanol–water partition coefficient (Wildman–Crippen LogP) is 4.33. The summed E-state index contributed by atoms with van der Waals surface area (Å²) in [5.74, 6) is -4.23. The SMILES string of the molecule is O=C(O)C(CC1C=CC=C(Br)C1(O)Br)=C(CC1C=CC=C(Br)C1(O)Br)C(=O)O. The van der Waals surface area contributed by atoms with Crippen LogP contribution in [0.25, 0.3) is 0 Å². The van der Waals surface area contributed by atoms with Gasteiger partial charge >= 0.3 is 11.9 Å². The maximum atomic E-state index is 11.9. The van der Waals surface area contributed by atoms with Gasteiger partial charge in [0.2, 0.25) is 0 Å². The van der Waals surface area contributed by atoms with Crippen molar-refractivity contribution in [2.24, 2.45) is 11.8 Å². The van der Waals surface area contributed by atoms with Crippen molar-refractivity contribution in [3.63, 3.8) is 0 Å². The fourth-order valence-electron chi connectivity index (χ4n) is 2.92. The van der Waals surface area contributed by atoms with Crippen molar-refractivity contribution >= 4 is 75.7 Å². The summed E-state index contributed by atoms with van der Waals surface area (Å²) in [7, 11) is 0. The predicted molar refractivity (Wildman–Crippen MR) is 119 cm³/mol. The van der Waals surface area contributed by atoms with Gasteiger partial charge in [-0.05, 0) is 56.9 Å². The van der Waals surface area contributed by atoms with E-state index >= 15 is 0 Å². The minimum Gasteiger partial charge on any atom is -0.478 e. The zero-order chi connectivity index (χ0) is 21.3. The molecular weight excluding hydrogens is 632 g/mol. The summed E-state index contributed by atoms with van der Waals surface area (Å²) in [6.45, 7) is 0. The minimum atomic E-state index is -1.56. The van der Waals surface area contributed by atoms with E-state index in [-0.39, 0.29) is 24.0 Å². The zero-order valence-corrected chi connectivity index (χ0v) is 20.5. The van der Waals surface area contributed by atoms with Crippen molar-refractivity contribution in [2.75, 3.05) is 0 Å². The van der Waals surface area contributed by atoms with Gasteiger partial charge in [0.1, 0.15) is 0 Å². The van der Waals surface area contributed by atoms with Crippen molar-refractivity contribution in [3.05, 3.63) is 56.6 Å². The molecule has 4 atom stereocenters. The molecular formula is C18H16Br4O6. The number of rotatable bonds is 6. The highest BCUT2D eigenvalue weighted by Gasteiger charge is 2.41. The topological polar surface area (TPSA) is 115 Å². The van der Waals surface area contributed by atoms with Crippen LogP contribution in [0.1, 0.15) is 12.8 Å². The van der Waals surface area contributed by atoms with E-state index in [1.54, 1.807) is 36.5 Å². The van der Waals surface area contributed by atoms with E-state index in [2.05, 4.69) is 63.7 Å². The Morgan fingerprint density at radius 3 is 1.43 bits per heavy atom. The molecule has 152 valence electrons. The van der Waals surface area contributed by atoms with Crippen LogP contribution in [0.4, 0.5) is 0 Å². The Morgan fingerprint density at radius 2 is 1.14 bits per heavy atom. The first kappa shape index (κ1) is 23.8. The first-order valence-corrected chi connectivity index (χ1v) is 11.2. The second kappa shape index (κ2) is 9.09. The summed E-state index contributed by atoms with van der Waals surface area (Å²) in [4.78, 5) is 23.8. The first-order valence-electron chi connectivity index (χ1n) is 7.99. The van der Waals surface area contributed by atoms with Crippen LogP contribution in [0.2, 0.25) is 0 Å². The number of alkyl halides is 2. The molecule has 4 unspecified atom stereocenters. The zero-order valence-electron chi connectivity index (χ0n) is 14.2. The van der Waals surface area contributed by atoms with Gasteiger partial charge in [-0.15, -0.1) is 0 Å². The molecule has 6 nitrogen and oxygen atoms in total. The number of carboxylic acids is 2.